The molecule has 0 unspecified atom stereocenters. The van der Waals surface area contributed by atoms with E-state index in [9.17, 15) is 18.0 Å². The Labute approximate surface area is 180 Å². The SMILES string of the molecule is CCN(CC)S(=O)(=O)c1ccc(NC(=O)COC(=O)c2cc(Cl)ccc2OC)cc1. The van der Waals surface area contributed by atoms with Gasteiger partial charge in [0.25, 0.3) is 5.91 Å². The summed E-state index contributed by atoms with van der Waals surface area (Å²) in [6, 6.07) is 10.2. The van der Waals surface area contributed by atoms with Crippen LogP contribution in [-0.4, -0.2) is 51.4 Å². The Morgan fingerprint density at radius 1 is 1.07 bits per heavy atom. The van der Waals surface area contributed by atoms with Crippen LogP contribution in [0.15, 0.2) is 47.4 Å². The van der Waals surface area contributed by atoms with Crippen LogP contribution in [0.1, 0.15) is 24.2 Å². The molecule has 0 aliphatic rings. The molecule has 0 fully saturated rings. The van der Waals surface area contributed by atoms with Gasteiger partial charge >= 0.3 is 5.97 Å². The maximum absolute atomic E-state index is 12.5. The van der Waals surface area contributed by atoms with Crippen LogP contribution in [0.5, 0.6) is 5.75 Å². The summed E-state index contributed by atoms with van der Waals surface area (Å²) in [6.45, 7) is 3.71. The van der Waals surface area contributed by atoms with Crippen LogP contribution in [-0.2, 0) is 19.6 Å². The van der Waals surface area contributed by atoms with E-state index in [2.05, 4.69) is 5.32 Å². The van der Waals surface area contributed by atoms with Gasteiger partial charge in [0.05, 0.1) is 12.0 Å². The Morgan fingerprint density at radius 3 is 2.27 bits per heavy atom. The van der Waals surface area contributed by atoms with Crippen LogP contribution >= 0.6 is 11.6 Å². The fraction of sp³-hybridized carbons (Fsp3) is 0.300. The van der Waals surface area contributed by atoms with Gasteiger partial charge in [-0.05, 0) is 42.5 Å². The monoisotopic (exact) mass is 454 g/mol. The van der Waals surface area contributed by atoms with Crippen LogP contribution in [0, 0.1) is 0 Å². The largest absolute Gasteiger partial charge is 0.496 e. The number of hydrogen-bond acceptors (Lipinski definition) is 6. The minimum absolute atomic E-state index is 0.101. The molecule has 2 rings (SSSR count). The Morgan fingerprint density at radius 2 is 1.70 bits per heavy atom. The van der Waals surface area contributed by atoms with Gasteiger partial charge in [-0.1, -0.05) is 25.4 Å². The maximum atomic E-state index is 12.5. The molecule has 0 atom stereocenters. The third-order valence-electron chi connectivity index (χ3n) is 4.20. The topological polar surface area (TPSA) is 102 Å². The number of amides is 1. The molecule has 0 saturated heterocycles. The van der Waals surface area contributed by atoms with E-state index in [0.29, 0.717) is 23.8 Å². The van der Waals surface area contributed by atoms with Gasteiger partial charge in [-0.15, -0.1) is 0 Å². The average Bonchev–Trinajstić information content (AvgIpc) is 2.73. The lowest BCUT2D eigenvalue weighted by Crippen LogP contribution is -2.30. The zero-order valence-electron chi connectivity index (χ0n) is 16.8. The standard InChI is InChI=1S/C20H23ClN2O6S/c1-4-23(5-2)30(26,27)16-9-7-15(8-10-16)22-19(24)13-29-20(25)17-12-14(21)6-11-18(17)28-3/h6-12H,4-5,13H2,1-3H3,(H,22,24). The summed E-state index contributed by atoms with van der Waals surface area (Å²) in [5.41, 5.74) is 0.471. The summed E-state index contributed by atoms with van der Waals surface area (Å²) in [5, 5.41) is 2.87. The number of halogens is 1. The van der Waals surface area contributed by atoms with Crippen molar-refractivity contribution in [1.82, 2.24) is 4.31 Å². The Bertz CT molecular complexity index is 1000. The minimum atomic E-state index is -3.58. The van der Waals surface area contributed by atoms with Gasteiger partial charge < -0.3 is 14.8 Å². The van der Waals surface area contributed by atoms with E-state index in [1.807, 2.05) is 0 Å². The molecule has 0 aromatic heterocycles. The molecule has 0 aliphatic carbocycles. The molecule has 0 saturated carbocycles. The summed E-state index contributed by atoms with van der Waals surface area (Å²) < 4.78 is 36.4. The predicted octanol–water partition coefficient (Wildman–Crippen LogP) is 3.17. The van der Waals surface area contributed by atoms with E-state index < -0.39 is 28.5 Å². The highest BCUT2D eigenvalue weighted by atomic mass is 35.5. The van der Waals surface area contributed by atoms with Crippen molar-refractivity contribution < 1.29 is 27.5 Å². The second-order valence-electron chi connectivity index (χ2n) is 6.08. The molecule has 1 amide bonds. The van der Waals surface area contributed by atoms with Crippen molar-refractivity contribution in [1.29, 1.82) is 0 Å². The zero-order valence-corrected chi connectivity index (χ0v) is 18.4. The normalized spacial score (nSPS) is 11.2. The Kier molecular flexibility index (Phi) is 8.22. The van der Waals surface area contributed by atoms with Crippen molar-refractivity contribution in [3.8, 4) is 5.75 Å². The molecule has 0 spiro atoms. The van der Waals surface area contributed by atoms with Crippen LogP contribution in [0.3, 0.4) is 0 Å². The predicted molar refractivity (Wildman–Crippen MR) is 113 cm³/mol. The van der Waals surface area contributed by atoms with Crippen LogP contribution in [0.4, 0.5) is 5.69 Å². The molecule has 30 heavy (non-hydrogen) atoms. The van der Waals surface area contributed by atoms with Crippen molar-refractivity contribution in [2.45, 2.75) is 18.7 Å². The van der Waals surface area contributed by atoms with E-state index in [0.717, 1.165) is 0 Å². The first-order valence-electron chi connectivity index (χ1n) is 9.13. The lowest BCUT2D eigenvalue weighted by molar-refractivity contribution is -0.119. The highest BCUT2D eigenvalue weighted by molar-refractivity contribution is 7.89. The van der Waals surface area contributed by atoms with Gasteiger partial charge in [0.1, 0.15) is 11.3 Å². The van der Waals surface area contributed by atoms with E-state index in [1.165, 1.54) is 47.8 Å². The van der Waals surface area contributed by atoms with Gasteiger partial charge in [0.15, 0.2) is 6.61 Å². The second-order valence-corrected chi connectivity index (χ2v) is 8.46. The molecule has 2 aromatic carbocycles. The molecule has 0 bridgehead atoms. The minimum Gasteiger partial charge on any atom is -0.496 e. The number of hydrogen-bond donors (Lipinski definition) is 1. The lowest BCUT2D eigenvalue weighted by atomic mass is 10.2. The number of ether oxygens (including phenoxy) is 2. The van der Waals surface area contributed by atoms with Crippen molar-refractivity contribution in [3.63, 3.8) is 0 Å². The van der Waals surface area contributed by atoms with Crippen molar-refractivity contribution in [2.75, 3.05) is 32.1 Å². The maximum Gasteiger partial charge on any atom is 0.342 e. The fourth-order valence-corrected chi connectivity index (χ4v) is 4.30. The summed E-state index contributed by atoms with van der Waals surface area (Å²) in [7, 11) is -2.18. The molecule has 2 aromatic rings. The van der Waals surface area contributed by atoms with Crippen molar-refractivity contribution in [2.24, 2.45) is 0 Å². The fourth-order valence-electron chi connectivity index (χ4n) is 2.67. The van der Waals surface area contributed by atoms with E-state index in [4.69, 9.17) is 21.1 Å². The summed E-state index contributed by atoms with van der Waals surface area (Å²) in [6.07, 6.45) is 0. The summed E-state index contributed by atoms with van der Waals surface area (Å²) >= 11 is 5.88. The van der Waals surface area contributed by atoms with E-state index in [-0.39, 0.29) is 16.2 Å². The van der Waals surface area contributed by atoms with Crippen molar-refractivity contribution in [3.05, 3.63) is 53.1 Å². The number of methoxy groups -OCH3 is 1. The highest BCUT2D eigenvalue weighted by Gasteiger charge is 2.21. The van der Waals surface area contributed by atoms with Gasteiger partial charge in [-0.3, -0.25) is 4.79 Å². The third kappa shape index (κ3) is 5.71. The second kappa shape index (κ2) is 10.4. The Hall–Kier alpha value is -2.62. The summed E-state index contributed by atoms with van der Waals surface area (Å²) in [5.74, 6) is -1.07. The summed E-state index contributed by atoms with van der Waals surface area (Å²) in [4.78, 5) is 24.4. The number of nitrogens with one attached hydrogen (secondary N) is 1. The van der Waals surface area contributed by atoms with Gasteiger partial charge in [-0.25, -0.2) is 13.2 Å². The molecular formula is C20H23ClN2O6S. The van der Waals surface area contributed by atoms with Crippen LogP contribution in [0.2, 0.25) is 5.02 Å². The molecule has 0 radical (unpaired) electrons. The number of rotatable bonds is 9. The highest BCUT2D eigenvalue weighted by Crippen LogP contribution is 2.23. The quantitative estimate of drug-likeness (QED) is 0.584. The zero-order chi connectivity index (χ0) is 22.3. The van der Waals surface area contributed by atoms with E-state index in [1.54, 1.807) is 19.9 Å². The van der Waals surface area contributed by atoms with Gasteiger partial charge in [0, 0.05) is 23.8 Å². The van der Waals surface area contributed by atoms with Crippen molar-refractivity contribution >= 4 is 39.2 Å². The van der Waals surface area contributed by atoms with E-state index >= 15 is 0 Å². The number of carbonyl (C=O) groups is 2. The first-order chi connectivity index (χ1) is 14.2. The van der Waals surface area contributed by atoms with Gasteiger partial charge in [0.2, 0.25) is 10.0 Å². The number of nitrogens with zero attached hydrogens (tertiary/aromatic N) is 1. The number of esters is 1. The number of carbonyl (C=O) groups excluding carboxylic acids is 2. The smallest absolute Gasteiger partial charge is 0.342 e. The molecule has 10 heteroatoms. The van der Waals surface area contributed by atoms with Gasteiger partial charge in [-0.2, -0.15) is 4.31 Å². The lowest BCUT2D eigenvalue weighted by Gasteiger charge is -2.18. The number of benzene rings is 2. The molecule has 8 nitrogen and oxygen atoms in total. The van der Waals surface area contributed by atoms with Crippen LogP contribution in [0.25, 0.3) is 0 Å². The third-order valence-corrected chi connectivity index (χ3v) is 6.50. The molecule has 0 heterocycles. The molecule has 1 N–H and O–H groups in total. The average molecular weight is 455 g/mol. The number of sulfonamides is 1. The molecule has 162 valence electrons. The molecule has 0 aliphatic heterocycles. The molecular weight excluding hydrogens is 432 g/mol. The first kappa shape index (κ1) is 23.7. The Balaban J connectivity index is 1.99. The first-order valence-corrected chi connectivity index (χ1v) is 11.0. The number of anilines is 1. The van der Waals surface area contributed by atoms with Crippen LogP contribution < -0.4 is 10.1 Å².